The Morgan fingerprint density at radius 1 is 1.48 bits per heavy atom. The number of hydrogen-bond donors (Lipinski definition) is 3. The molecule has 1 atom stereocenters. The highest BCUT2D eigenvalue weighted by molar-refractivity contribution is 5.79. The zero-order valence-electron chi connectivity index (χ0n) is 13.9. The second-order valence-electron chi connectivity index (χ2n) is 5.65. The zero-order valence-corrected chi connectivity index (χ0v) is 13.9. The van der Waals surface area contributed by atoms with Gasteiger partial charge in [-0.05, 0) is 38.0 Å². The van der Waals surface area contributed by atoms with Crippen LogP contribution in [0.15, 0.2) is 40.2 Å². The van der Waals surface area contributed by atoms with Gasteiger partial charge < -0.3 is 20.2 Å². The number of guanidine groups is 1. The van der Waals surface area contributed by atoms with Crippen LogP contribution in [-0.4, -0.2) is 40.5 Å². The number of aromatic nitrogens is 2. The first-order valence-electron chi connectivity index (χ1n) is 7.77. The van der Waals surface area contributed by atoms with Crippen molar-refractivity contribution in [1.29, 1.82) is 0 Å². The Balaban J connectivity index is 1.89. The number of aliphatic hydroxyl groups is 1. The van der Waals surface area contributed by atoms with E-state index in [4.69, 9.17) is 4.42 Å². The van der Waals surface area contributed by atoms with E-state index < -0.39 is 5.60 Å². The Labute approximate surface area is 136 Å². The molecule has 0 spiro atoms. The molecule has 3 N–H and O–H groups in total. The second-order valence-corrected chi connectivity index (χ2v) is 5.65. The molecule has 0 radical (unpaired) electrons. The molecule has 0 saturated heterocycles. The lowest BCUT2D eigenvalue weighted by molar-refractivity contribution is 0.0437. The lowest BCUT2D eigenvalue weighted by Gasteiger charge is -2.19. The van der Waals surface area contributed by atoms with Gasteiger partial charge in [-0.1, -0.05) is 0 Å². The highest BCUT2D eigenvalue weighted by Gasteiger charge is 2.25. The van der Waals surface area contributed by atoms with Gasteiger partial charge in [-0.15, -0.1) is 0 Å². The van der Waals surface area contributed by atoms with Crippen LogP contribution in [0.1, 0.15) is 25.2 Å². The Bertz CT molecular complexity index is 616. The van der Waals surface area contributed by atoms with Crippen LogP contribution < -0.4 is 10.6 Å². The highest BCUT2D eigenvalue weighted by Crippen LogP contribution is 2.20. The molecule has 0 aromatic carbocycles. The largest absolute Gasteiger partial charge is 0.466 e. The SMILES string of the molecule is CCNC(=NCC(C)(O)c1ccco1)NCCc1cnn(C)c1. The van der Waals surface area contributed by atoms with Crippen molar-refractivity contribution >= 4 is 5.96 Å². The molecule has 2 aromatic heterocycles. The first-order chi connectivity index (χ1) is 11.0. The molecule has 2 heterocycles. The molecule has 7 nitrogen and oxygen atoms in total. The van der Waals surface area contributed by atoms with E-state index in [1.165, 1.54) is 5.56 Å². The number of hydrogen-bond acceptors (Lipinski definition) is 4. The summed E-state index contributed by atoms with van der Waals surface area (Å²) in [7, 11) is 1.90. The molecule has 1 unspecified atom stereocenters. The molecule has 23 heavy (non-hydrogen) atoms. The van der Waals surface area contributed by atoms with Gasteiger partial charge in [0.15, 0.2) is 5.96 Å². The van der Waals surface area contributed by atoms with Crippen LogP contribution in [0.2, 0.25) is 0 Å². The summed E-state index contributed by atoms with van der Waals surface area (Å²) in [6, 6.07) is 3.50. The maximum Gasteiger partial charge on any atom is 0.191 e. The number of rotatable bonds is 7. The summed E-state index contributed by atoms with van der Waals surface area (Å²) < 4.78 is 7.05. The minimum Gasteiger partial charge on any atom is -0.466 e. The summed E-state index contributed by atoms with van der Waals surface area (Å²) in [5.74, 6) is 1.18. The maximum absolute atomic E-state index is 10.4. The fraction of sp³-hybridized carbons (Fsp3) is 0.500. The van der Waals surface area contributed by atoms with Crippen molar-refractivity contribution in [2.75, 3.05) is 19.6 Å². The number of nitrogens with zero attached hydrogens (tertiary/aromatic N) is 3. The molecule has 2 aromatic rings. The summed E-state index contributed by atoms with van der Waals surface area (Å²) in [4.78, 5) is 4.44. The van der Waals surface area contributed by atoms with E-state index >= 15 is 0 Å². The predicted octanol–water partition coefficient (Wildman–Crippen LogP) is 1.02. The summed E-state index contributed by atoms with van der Waals surface area (Å²) in [5, 5.41) is 21.0. The van der Waals surface area contributed by atoms with E-state index in [1.54, 1.807) is 30.0 Å². The molecule has 126 valence electrons. The Kier molecular flexibility index (Phi) is 5.81. The number of furan rings is 1. The normalized spacial score (nSPS) is 14.5. The molecular weight excluding hydrogens is 294 g/mol. The third kappa shape index (κ3) is 5.14. The first-order valence-corrected chi connectivity index (χ1v) is 7.77. The monoisotopic (exact) mass is 319 g/mol. The zero-order chi connectivity index (χ0) is 16.7. The number of aryl methyl sites for hydroxylation is 1. The van der Waals surface area contributed by atoms with E-state index in [1.807, 2.05) is 26.4 Å². The van der Waals surface area contributed by atoms with Gasteiger partial charge in [-0.2, -0.15) is 5.10 Å². The summed E-state index contributed by atoms with van der Waals surface area (Å²) in [6.45, 7) is 5.39. The lowest BCUT2D eigenvalue weighted by Crippen LogP contribution is -2.39. The van der Waals surface area contributed by atoms with Gasteiger partial charge in [0.25, 0.3) is 0 Å². The van der Waals surface area contributed by atoms with Crippen molar-refractivity contribution in [3.63, 3.8) is 0 Å². The van der Waals surface area contributed by atoms with Gasteiger partial charge in [0.05, 0.1) is 19.0 Å². The standard InChI is InChI=1S/C16H25N5O2/c1-4-17-15(18-8-7-13-10-20-21(3)11-13)19-12-16(2,22)14-6-5-9-23-14/h5-6,9-11,22H,4,7-8,12H2,1-3H3,(H2,17,18,19). The van der Waals surface area contributed by atoms with Gasteiger partial charge in [0.2, 0.25) is 0 Å². The smallest absolute Gasteiger partial charge is 0.191 e. The summed E-state index contributed by atoms with van der Waals surface area (Å²) in [6.07, 6.45) is 6.25. The third-order valence-corrected chi connectivity index (χ3v) is 3.41. The second kappa shape index (κ2) is 7.82. The van der Waals surface area contributed by atoms with Gasteiger partial charge in [-0.25, -0.2) is 4.99 Å². The highest BCUT2D eigenvalue weighted by atomic mass is 16.4. The number of aliphatic imine (C=N–C) groups is 1. The topological polar surface area (TPSA) is 87.6 Å². The van der Waals surface area contributed by atoms with E-state index in [-0.39, 0.29) is 6.54 Å². The fourth-order valence-corrected chi connectivity index (χ4v) is 2.16. The average molecular weight is 319 g/mol. The van der Waals surface area contributed by atoms with Gasteiger partial charge in [0.1, 0.15) is 11.4 Å². The van der Waals surface area contributed by atoms with E-state index in [2.05, 4.69) is 20.7 Å². The predicted molar refractivity (Wildman–Crippen MR) is 89.2 cm³/mol. The van der Waals surface area contributed by atoms with Crippen LogP contribution in [0.3, 0.4) is 0 Å². The fourth-order valence-electron chi connectivity index (χ4n) is 2.16. The van der Waals surface area contributed by atoms with Crippen molar-refractivity contribution in [1.82, 2.24) is 20.4 Å². The minimum absolute atomic E-state index is 0.211. The molecule has 2 rings (SSSR count). The summed E-state index contributed by atoms with van der Waals surface area (Å²) in [5.41, 5.74) is 0.0355. The molecule has 0 aliphatic heterocycles. The minimum atomic E-state index is -1.13. The Hall–Kier alpha value is -2.28. The van der Waals surface area contributed by atoms with Gasteiger partial charge in [-0.3, -0.25) is 4.68 Å². The molecule has 0 bridgehead atoms. The Morgan fingerprint density at radius 3 is 2.91 bits per heavy atom. The van der Waals surface area contributed by atoms with E-state index in [9.17, 15) is 5.11 Å². The van der Waals surface area contributed by atoms with Crippen LogP contribution in [0, 0.1) is 0 Å². The molecule has 7 heteroatoms. The number of nitrogens with one attached hydrogen (secondary N) is 2. The van der Waals surface area contributed by atoms with Crippen molar-refractivity contribution in [3.05, 3.63) is 42.1 Å². The molecule has 0 aliphatic rings. The van der Waals surface area contributed by atoms with Crippen LogP contribution in [0.5, 0.6) is 0 Å². The van der Waals surface area contributed by atoms with Crippen LogP contribution >= 0.6 is 0 Å². The third-order valence-electron chi connectivity index (χ3n) is 3.41. The Morgan fingerprint density at radius 2 is 2.30 bits per heavy atom. The van der Waals surface area contributed by atoms with Crippen molar-refractivity contribution in [3.8, 4) is 0 Å². The molecular formula is C16H25N5O2. The van der Waals surface area contributed by atoms with Gasteiger partial charge >= 0.3 is 0 Å². The summed E-state index contributed by atoms with van der Waals surface area (Å²) >= 11 is 0. The van der Waals surface area contributed by atoms with Crippen molar-refractivity contribution < 1.29 is 9.52 Å². The molecule has 0 saturated carbocycles. The van der Waals surface area contributed by atoms with Crippen LogP contribution in [0.25, 0.3) is 0 Å². The quantitative estimate of drug-likeness (QED) is 0.524. The van der Waals surface area contributed by atoms with Crippen LogP contribution in [-0.2, 0) is 19.1 Å². The average Bonchev–Trinajstić information content (AvgIpc) is 3.17. The van der Waals surface area contributed by atoms with E-state index in [0.29, 0.717) is 11.7 Å². The maximum atomic E-state index is 10.4. The molecule has 0 amide bonds. The van der Waals surface area contributed by atoms with E-state index in [0.717, 1.165) is 19.5 Å². The van der Waals surface area contributed by atoms with Crippen molar-refractivity contribution in [2.45, 2.75) is 25.9 Å². The molecule has 0 aliphatic carbocycles. The lowest BCUT2D eigenvalue weighted by atomic mass is 10.0. The van der Waals surface area contributed by atoms with Crippen LogP contribution in [0.4, 0.5) is 0 Å². The van der Waals surface area contributed by atoms with Gasteiger partial charge in [0, 0.05) is 26.3 Å². The first kappa shape index (κ1) is 17.1. The molecule has 0 fully saturated rings. The van der Waals surface area contributed by atoms with Crippen molar-refractivity contribution in [2.24, 2.45) is 12.0 Å².